The lowest BCUT2D eigenvalue weighted by Gasteiger charge is -2.09. The van der Waals surface area contributed by atoms with Crippen molar-refractivity contribution in [1.82, 2.24) is 5.32 Å². The molecule has 0 saturated carbocycles. The van der Waals surface area contributed by atoms with Gasteiger partial charge in [0.15, 0.2) is 5.66 Å². The Balaban J connectivity index is 2.11. The number of carboxylic acid groups (broad SMARTS) is 1. The zero-order valence-electron chi connectivity index (χ0n) is 9.39. The number of amides is 1. The van der Waals surface area contributed by atoms with E-state index in [0.29, 0.717) is 19.4 Å². The maximum Gasteiger partial charge on any atom is 0.407 e. The highest BCUT2D eigenvalue weighted by Gasteiger charge is 2.39. The number of carboxylic acids is 1. The van der Waals surface area contributed by atoms with Gasteiger partial charge in [-0.3, -0.25) is 4.79 Å². The van der Waals surface area contributed by atoms with Crippen molar-refractivity contribution in [2.75, 3.05) is 13.2 Å². The molecule has 0 radical (unpaired) electrons. The van der Waals surface area contributed by atoms with Gasteiger partial charge in [-0.15, -0.1) is 0 Å². The first-order chi connectivity index (χ1) is 8.08. The van der Waals surface area contributed by atoms with Gasteiger partial charge in [-0.2, -0.15) is 10.2 Å². The zero-order valence-corrected chi connectivity index (χ0v) is 9.39. The third kappa shape index (κ3) is 5.10. The van der Waals surface area contributed by atoms with Crippen molar-refractivity contribution in [1.29, 1.82) is 0 Å². The van der Waals surface area contributed by atoms with Crippen LogP contribution in [-0.4, -0.2) is 36.0 Å². The maximum atomic E-state index is 11.0. The minimum atomic E-state index is -0.875. The molecule has 0 unspecified atom stereocenters. The van der Waals surface area contributed by atoms with Crippen LogP contribution in [0.15, 0.2) is 22.9 Å². The van der Waals surface area contributed by atoms with Crippen LogP contribution >= 0.6 is 0 Å². The summed E-state index contributed by atoms with van der Waals surface area (Å²) in [5.74, 6) is -0.875. The van der Waals surface area contributed by atoms with Gasteiger partial charge in [-0.25, -0.2) is 4.79 Å². The highest BCUT2D eigenvalue weighted by molar-refractivity contribution is 5.67. The largest absolute Gasteiger partial charge is 0.481 e. The molecule has 2 N–H and O–H groups in total. The Morgan fingerprint density at radius 1 is 1.41 bits per heavy atom. The molecule has 1 heterocycles. The molecule has 1 aliphatic heterocycles. The van der Waals surface area contributed by atoms with E-state index in [1.807, 2.05) is 0 Å². The fraction of sp³-hybridized carbons (Fsp3) is 0.600. The summed E-state index contributed by atoms with van der Waals surface area (Å²) in [5.41, 5.74) is -0.607. The number of carbonyl (C=O) groups excluding carboxylic acids is 1. The standard InChI is InChI=1S/C10H15N3O4/c1-2-7-17-9(16)11-6-5-10(12-13-10)4-3-8(14)15/h2H,1,3-7H2,(H,11,16)(H,14,15). The lowest BCUT2D eigenvalue weighted by molar-refractivity contribution is -0.137. The average molecular weight is 241 g/mol. The molecule has 0 bridgehead atoms. The Bertz CT molecular complexity index is 334. The van der Waals surface area contributed by atoms with Gasteiger partial charge in [0.2, 0.25) is 0 Å². The van der Waals surface area contributed by atoms with Crippen LogP contribution in [0.1, 0.15) is 19.3 Å². The smallest absolute Gasteiger partial charge is 0.407 e. The van der Waals surface area contributed by atoms with Gasteiger partial charge >= 0.3 is 12.1 Å². The van der Waals surface area contributed by atoms with Crippen LogP contribution in [0.25, 0.3) is 0 Å². The fourth-order valence-electron chi connectivity index (χ4n) is 1.25. The minimum Gasteiger partial charge on any atom is -0.481 e. The SMILES string of the molecule is C=CCOC(=O)NCCC1(CCC(=O)O)N=N1. The quantitative estimate of drug-likeness (QED) is 0.626. The summed E-state index contributed by atoms with van der Waals surface area (Å²) in [6, 6.07) is 0. The molecular formula is C10H15N3O4. The number of ether oxygens (including phenoxy) is 1. The lowest BCUT2D eigenvalue weighted by Crippen LogP contribution is -2.29. The highest BCUT2D eigenvalue weighted by atomic mass is 16.5. The van der Waals surface area contributed by atoms with Crippen LogP contribution < -0.4 is 5.32 Å². The highest BCUT2D eigenvalue weighted by Crippen LogP contribution is 2.36. The van der Waals surface area contributed by atoms with Crippen LogP contribution in [0, 0.1) is 0 Å². The van der Waals surface area contributed by atoms with E-state index in [9.17, 15) is 9.59 Å². The molecule has 0 aromatic rings. The molecule has 1 amide bonds. The van der Waals surface area contributed by atoms with Gasteiger partial charge in [0.25, 0.3) is 0 Å². The lowest BCUT2D eigenvalue weighted by atomic mass is 10.0. The summed E-state index contributed by atoms with van der Waals surface area (Å²) >= 11 is 0. The summed E-state index contributed by atoms with van der Waals surface area (Å²) in [5, 5.41) is 18.7. The topological polar surface area (TPSA) is 100 Å². The van der Waals surface area contributed by atoms with E-state index in [1.165, 1.54) is 6.08 Å². The van der Waals surface area contributed by atoms with Gasteiger partial charge in [0, 0.05) is 25.8 Å². The number of hydrogen-bond donors (Lipinski definition) is 2. The van der Waals surface area contributed by atoms with Crippen LogP contribution in [-0.2, 0) is 9.53 Å². The number of nitrogens with zero attached hydrogens (tertiary/aromatic N) is 2. The van der Waals surface area contributed by atoms with Crippen molar-refractivity contribution in [2.24, 2.45) is 10.2 Å². The first kappa shape index (κ1) is 13.1. The van der Waals surface area contributed by atoms with Crippen molar-refractivity contribution in [2.45, 2.75) is 24.9 Å². The number of alkyl carbamates (subject to hydrolysis) is 1. The molecule has 1 aliphatic rings. The van der Waals surface area contributed by atoms with E-state index < -0.39 is 17.7 Å². The molecule has 7 nitrogen and oxygen atoms in total. The Kier molecular flexibility index (Phi) is 4.62. The molecule has 7 heteroatoms. The van der Waals surface area contributed by atoms with Crippen molar-refractivity contribution < 1.29 is 19.4 Å². The third-order valence-electron chi connectivity index (χ3n) is 2.25. The van der Waals surface area contributed by atoms with Gasteiger partial charge < -0.3 is 15.2 Å². The van der Waals surface area contributed by atoms with E-state index in [1.54, 1.807) is 0 Å². The number of hydrogen-bond acceptors (Lipinski definition) is 5. The van der Waals surface area contributed by atoms with E-state index in [4.69, 9.17) is 9.84 Å². The van der Waals surface area contributed by atoms with Gasteiger partial charge in [-0.1, -0.05) is 12.7 Å². The van der Waals surface area contributed by atoms with Crippen molar-refractivity contribution >= 4 is 12.1 Å². The van der Waals surface area contributed by atoms with Gasteiger partial charge in [0.1, 0.15) is 6.61 Å². The molecule has 0 spiro atoms. The van der Waals surface area contributed by atoms with E-state index in [0.717, 1.165) is 0 Å². The predicted octanol–water partition coefficient (Wildman–Crippen LogP) is 1.32. The van der Waals surface area contributed by atoms with Crippen LogP contribution in [0.2, 0.25) is 0 Å². The molecule has 0 aromatic heterocycles. The van der Waals surface area contributed by atoms with Crippen molar-refractivity contribution in [3.63, 3.8) is 0 Å². The Morgan fingerprint density at radius 3 is 2.65 bits per heavy atom. The minimum absolute atomic E-state index is 0.0217. The van der Waals surface area contributed by atoms with Crippen LogP contribution in [0.3, 0.4) is 0 Å². The van der Waals surface area contributed by atoms with Crippen LogP contribution in [0.5, 0.6) is 0 Å². The van der Waals surface area contributed by atoms with E-state index in [2.05, 4.69) is 22.1 Å². The van der Waals surface area contributed by atoms with Gasteiger partial charge in [-0.05, 0) is 0 Å². The van der Waals surface area contributed by atoms with E-state index >= 15 is 0 Å². The first-order valence-corrected chi connectivity index (χ1v) is 5.25. The Labute approximate surface area is 98.6 Å². The number of carbonyl (C=O) groups is 2. The number of nitrogens with one attached hydrogen (secondary N) is 1. The second kappa shape index (κ2) is 5.97. The normalized spacial score (nSPS) is 15.1. The Hall–Kier alpha value is -1.92. The summed E-state index contributed by atoms with van der Waals surface area (Å²) in [6.45, 7) is 3.92. The monoisotopic (exact) mass is 241 g/mol. The van der Waals surface area contributed by atoms with Crippen LogP contribution in [0.4, 0.5) is 4.79 Å². The van der Waals surface area contributed by atoms with E-state index in [-0.39, 0.29) is 13.0 Å². The maximum absolute atomic E-state index is 11.0. The second-order valence-electron chi connectivity index (χ2n) is 3.64. The molecular weight excluding hydrogens is 226 g/mol. The Morgan fingerprint density at radius 2 is 2.12 bits per heavy atom. The molecule has 0 aliphatic carbocycles. The van der Waals surface area contributed by atoms with Gasteiger partial charge in [0.05, 0.1) is 0 Å². The molecule has 17 heavy (non-hydrogen) atoms. The zero-order chi connectivity index (χ0) is 12.7. The molecule has 0 fully saturated rings. The fourth-order valence-corrected chi connectivity index (χ4v) is 1.25. The first-order valence-electron chi connectivity index (χ1n) is 5.25. The molecule has 1 rings (SSSR count). The summed E-state index contributed by atoms with van der Waals surface area (Å²) in [7, 11) is 0. The van der Waals surface area contributed by atoms with Crippen molar-refractivity contribution in [3.8, 4) is 0 Å². The molecule has 94 valence electrons. The molecule has 0 saturated heterocycles. The number of rotatable bonds is 8. The predicted molar refractivity (Wildman–Crippen MR) is 58.6 cm³/mol. The summed E-state index contributed by atoms with van der Waals surface area (Å²) in [6.07, 6.45) is 1.82. The van der Waals surface area contributed by atoms with Crippen molar-refractivity contribution in [3.05, 3.63) is 12.7 Å². The summed E-state index contributed by atoms with van der Waals surface area (Å²) < 4.78 is 4.70. The second-order valence-corrected chi connectivity index (χ2v) is 3.64. The molecule has 0 atom stereocenters. The third-order valence-corrected chi connectivity index (χ3v) is 2.25. The summed E-state index contributed by atoms with van der Waals surface area (Å²) in [4.78, 5) is 21.4. The molecule has 0 aromatic carbocycles. The average Bonchev–Trinajstić information content (AvgIpc) is 3.04. The number of aliphatic carboxylic acids is 1.